The third-order valence-corrected chi connectivity index (χ3v) is 13.9. The van der Waals surface area contributed by atoms with Crippen LogP contribution in [0.15, 0.2) is 11.6 Å². The lowest BCUT2D eigenvalue weighted by Gasteiger charge is -2.71. The summed E-state index contributed by atoms with van der Waals surface area (Å²) < 4.78 is -0.346. The molecule has 0 amide bonds. The molecule has 0 radical (unpaired) electrons. The number of allylic oxidation sites excluding steroid dienone is 2. The molecule has 4 saturated carbocycles. The Kier molecular flexibility index (Phi) is 5.54. The van der Waals surface area contributed by atoms with Crippen molar-refractivity contribution in [2.45, 2.75) is 109 Å². The molecule has 5 heteroatoms. The highest BCUT2D eigenvalue weighted by Gasteiger charge is 2.69. The van der Waals surface area contributed by atoms with Crippen molar-refractivity contribution in [1.29, 1.82) is 0 Å². The molecule has 4 fully saturated rings. The van der Waals surface area contributed by atoms with Gasteiger partial charge in [-0.1, -0.05) is 39.3 Å². The van der Waals surface area contributed by atoms with Crippen LogP contribution in [0.4, 0.5) is 0 Å². The first kappa shape index (κ1) is 24.6. The van der Waals surface area contributed by atoms with E-state index in [-0.39, 0.29) is 44.2 Å². The number of aliphatic hydroxyl groups excluding tert-OH is 1. The summed E-state index contributed by atoms with van der Waals surface area (Å²) in [6.45, 7) is 11.9. The molecule has 0 heterocycles. The Morgan fingerprint density at radius 3 is 2.36 bits per heavy atom. The van der Waals surface area contributed by atoms with Gasteiger partial charge in [-0.05, 0) is 98.7 Å². The second-order valence-electron chi connectivity index (χ2n) is 13.5. The fourth-order valence-corrected chi connectivity index (χ4v) is 11.2. The number of aliphatic carboxylic acids is 1. The van der Waals surface area contributed by atoms with Gasteiger partial charge in [0.1, 0.15) is 0 Å². The standard InChI is InChI=1S/C28H44O3S2/c1-16-18(32)8-13-28(23(30)31)15-14-25(3)17(22(16)28)6-7-19-24(2)11-10-21(29)27(5,33)20(24)9-12-26(19,25)4/h6,16,18-22,29,32-33H,7-15H2,1-5H3,(H,30,31)/t16-,18+,19?,20?,21-,22?,24+,25+,26+,27-,28-/m0/s1. The zero-order valence-corrected chi connectivity index (χ0v) is 22.9. The van der Waals surface area contributed by atoms with E-state index in [4.69, 9.17) is 25.3 Å². The quantitative estimate of drug-likeness (QED) is 0.253. The van der Waals surface area contributed by atoms with Crippen LogP contribution >= 0.6 is 25.3 Å². The van der Waals surface area contributed by atoms with Crippen molar-refractivity contribution in [3.8, 4) is 0 Å². The van der Waals surface area contributed by atoms with Crippen LogP contribution in [0.2, 0.25) is 0 Å². The fourth-order valence-electron chi connectivity index (χ4n) is 10.3. The van der Waals surface area contributed by atoms with E-state index >= 15 is 0 Å². The van der Waals surface area contributed by atoms with Crippen LogP contribution in [0.25, 0.3) is 0 Å². The van der Waals surface area contributed by atoms with Crippen molar-refractivity contribution >= 4 is 31.2 Å². The first-order valence-corrected chi connectivity index (χ1v) is 14.2. The third-order valence-electron chi connectivity index (χ3n) is 12.6. The number of fused-ring (bicyclic) bond motifs is 7. The molecule has 3 nitrogen and oxygen atoms in total. The molecule has 0 spiro atoms. The predicted molar refractivity (Wildman–Crippen MR) is 140 cm³/mol. The van der Waals surface area contributed by atoms with E-state index in [1.165, 1.54) is 5.57 Å². The molecule has 0 aromatic carbocycles. The Balaban J connectivity index is 1.61. The number of aliphatic hydroxyl groups is 1. The number of thiol groups is 2. The van der Waals surface area contributed by atoms with Gasteiger partial charge in [0, 0.05) is 15.9 Å². The molecule has 0 aromatic rings. The molecule has 0 bridgehead atoms. The molecule has 5 aliphatic carbocycles. The molecule has 33 heavy (non-hydrogen) atoms. The molecule has 5 rings (SSSR count). The van der Waals surface area contributed by atoms with Gasteiger partial charge in [-0.3, -0.25) is 4.79 Å². The summed E-state index contributed by atoms with van der Waals surface area (Å²) in [5.41, 5.74) is 1.15. The molecule has 0 saturated heterocycles. The van der Waals surface area contributed by atoms with E-state index in [2.05, 4.69) is 40.7 Å². The van der Waals surface area contributed by atoms with E-state index in [1.807, 2.05) is 0 Å². The van der Waals surface area contributed by atoms with E-state index in [9.17, 15) is 15.0 Å². The Morgan fingerprint density at radius 1 is 1.00 bits per heavy atom. The average Bonchev–Trinajstić information content (AvgIpc) is 2.74. The van der Waals surface area contributed by atoms with Gasteiger partial charge < -0.3 is 10.2 Å². The third kappa shape index (κ3) is 2.91. The van der Waals surface area contributed by atoms with Gasteiger partial charge >= 0.3 is 5.97 Å². The lowest BCUT2D eigenvalue weighted by molar-refractivity contribution is -0.182. The molecule has 186 valence electrons. The van der Waals surface area contributed by atoms with Gasteiger partial charge in [0.15, 0.2) is 0 Å². The average molecular weight is 493 g/mol. The number of carbonyl (C=O) groups is 1. The maximum atomic E-state index is 12.8. The molecular formula is C28H44O3S2. The first-order chi connectivity index (χ1) is 15.3. The molecule has 2 N–H and O–H groups in total. The highest BCUT2D eigenvalue weighted by atomic mass is 32.1. The fraction of sp³-hybridized carbons (Fsp3) is 0.893. The lowest BCUT2D eigenvalue weighted by Crippen LogP contribution is -2.66. The smallest absolute Gasteiger partial charge is 0.310 e. The molecule has 5 aliphatic rings. The van der Waals surface area contributed by atoms with Gasteiger partial charge in [-0.2, -0.15) is 25.3 Å². The highest BCUT2D eigenvalue weighted by molar-refractivity contribution is 7.81. The minimum Gasteiger partial charge on any atom is -0.481 e. The Hall–Kier alpha value is -0.130. The van der Waals surface area contributed by atoms with Crippen molar-refractivity contribution in [2.24, 2.45) is 45.3 Å². The molecule has 0 aromatic heterocycles. The largest absolute Gasteiger partial charge is 0.481 e. The number of rotatable bonds is 1. The summed E-state index contributed by atoms with van der Waals surface area (Å²) >= 11 is 9.99. The maximum Gasteiger partial charge on any atom is 0.310 e. The minimum absolute atomic E-state index is 0.0235. The summed E-state index contributed by atoms with van der Waals surface area (Å²) in [6, 6.07) is 0. The van der Waals surface area contributed by atoms with Gasteiger partial charge in [0.05, 0.1) is 11.5 Å². The monoisotopic (exact) mass is 492 g/mol. The van der Waals surface area contributed by atoms with Crippen LogP contribution in [0, 0.1) is 45.3 Å². The van der Waals surface area contributed by atoms with Crippen LogP contribution in [-0.2, 0) is 4.79 Å². The molecule has 3 unspecified atom stereocenters. The van der Waals surface area contributed by atoms with Gasteiger partial charge in [-0.25, -0.2) is 0 Å². The summed E-state index contributed by atoms with van der Waals surface area (Å²) in [6.07, 6.45) is 10.8. The molecule has 0 aliphatic heterocycles. The van der Waals surface area contributed by atoms with E-state index in [0.717, 1.165) is 57.8 Å². The van der Waals surface area contributed by atoms with Crippen molar-refractivity contribution in [3.63, 3.8) is 0 Å². The van der Waals surface area contributed by atoms with Crippen LogP contribution in [0.3, 0.4) is 0 Å². The summed E-state index contributed by atoms with van der Waals surface area (Å²) in [5, 5.41) is 21.6. The maximum absolute atomic E-state index is 12.8. The SMILES string of the molecule is C[C@@H]1C2C3=CCC4[C@@]5(C)CC[C@H](O)[C@@](C)(S)C5CC[C@@]4(C)[C@]3(C)CC[C@@]2(C(=O)O)CC[C@H]1S. The van der Waals surface area contributed by atoms with Crippen molar-refractivity contribution in [1.82, 2.24) is 0 Å². The summed E-state index contributed by atoms with van der Waals surface area (Å²) in [4.78, 5) is 12.8. The number of hydrogen-bond acceptors (Lipinski definition) is 4. The van der Waals surface area contributed by atoms with Gasteiger partial charge in [0.25, 0.3) is 0 Å². The van der Waals surface area contributed by atoms with E-state index in [0.29, 0.717) is 11.8 Å². The second kappa shape index (κ2) is 7.44. The van der Waals surface area contributed by atoms with Crippen LogP contribution in [0.5, 0.6) is 0 Å². The Bertz CT molecular complexity index is 884. The highest BCUT2D eigenvalue weighted by Crippen LogP contribution is 2.75. The van der Waals surface area contributed by atoms with Crippen LogP contribution in [0.1, 0.15) is 92.4 Å². The van der Waals surface area contributed by atoms with E-state index in [1.54, 1.807) is 0 Å². The zero-order chi connectivity index (χ0) is 24.2. The van der Waals surface area contributed by atoms with Gasteiger partial charge in [0.2, 0.25) is 0 Å². The first-order valence-electron chi connectivity index (χ1n) is 13.3. The topological polar surface area (TPSA) is 57.5 Å². The van der Waals surface area contributed by atoms with Gasteiger partial charge in [-0.15, -0.1) is 0 Å². The summed E-state index contributed by atoms with van der Waals surface area (Å²) in [7, 11) is 0. The Morgan fingerprint density at radius 2 is 1.70 bits per heavy atom. The minimum atomic E-state index is -0.618. The lowest BCUT2D eigenvalue weighted by atomic mass is 9.34. The number of hydrogen-bond donors (Lipinski definition) is 4. The predicted octanol–water partition coefficient (Wildman–Crippen LogP) is 6.41. The number of carboxylic acids is 1. The second-order valence-corrected chi connectivity index (χ2v) is 15.1. The van der Waals surface area contributed by atoms with E-state index < -0.39 is 11.4 Å². The molecular weight excluding hydrogens is 448 g/mol. The van der Waals surface area contributed by atoms with Crippen LogP contribution < -0.4 is 0 Å². The summed E-state index contributed by atoms with van der Waals surface area (Å²) in [5.74, 6) is 0.737. The molecule has 11 atom stereocenters. The number of carboxylic acid groups (broad SMARTS) is 1. The zero-order valence-electron chi connectivity index (χ0n) is 21.1. The van der Waals surface area contributed by atoms with Crippen molar-refractivity contribution < 1.29 is 15.0 Å². The van der Waals surface area contributed by atoms with Crippen molar-refractivity contribution in [3.05, 3.63) is 11.6 Å². The van der Waals surface area contributed by atoms with Crippen LogP contribution in [-0.4, -0.2) is 32.3 Å². The van der Waals surface area contributed by atoms with Crippen molar-refractivity contribution in [2.75, 3.05) is 0 Å². The normalized spacial score (nSPS) is 58.2. The Labute approximate surface area is 211 Å².